The number of carbonyl (C=O) groups is 6. The van der Waals surface area contributed by atoms with Gasteiger partial charge in [-0.05, 0) is 364 Å². The number of nitrogens with zero attached hydrogens (tertiary/aromatic N) is 6. The summed E-state index contributed by atoms with van der Waals surface area (Å²) in [6, 6.07) is 23.7. The van der Waals surface area contributed by atoms with Crippen molar-refractivity contribution in [3.8, 4) is 0 Å². The average molecular weight is 1840 g/mol. The molecule has 6 aliphatic heterocycles. The maximum atomic E-state index is 12.6. The Bertz CT molecular complexity index is 7300. The third kappa shape index (κ3) is 19.6. The third-order valence-electron chi connectivity index (χ3n) is 27.6. The van der Waals surface area contributed by atoms with Crippen LogP contribution in [0.1, 0.15) is 322 Å². The lowest BCUT2D eigenvalue weighted by atomic mass is 9.98. The summed E-state index contributed by atoms with van der Waals surface area (Å²) in [5.74, 6) is -5.83. The lowest BCUT2D eigenvalue weighted by Crippen LogP contribution is -2.16. The van der Waals surface area contributed by atoms with Crippen LogP contribution in [0.25, 0.3) is 133 Å². The number of nitrogens with one attached hydrogen (secondary N) is 6. The van der Waals surface area contributed by atoms with Gasteiger partial charge in [0, 0.05) is 138 Å². The van der Waals surface area contributed by atoms with Crippen molar-refractivity contribution >= 4 is 169 Å². The smallest absolute Gasteiger partial charge is 0.303 e. The van der Waals surface area contributed by atoms with Gasteiger partial charge in [-0.1, -0.05) is 0 Å². The first-order chi connectivity index (χ1) is 64.4. The van der Waals surface area contributed by atoms with E-state index in [1.54, 1.807) is 0 Å². The van der Waals surface area contributed by atoms with Gasteiger partial charge in [0.2, 0.25) is 0 Å². The number of aliphatic carboxylic acids is 6. The highest BCUT2D eigenvalue weighted by Gasteiger charge is 2.34. The van der Waals surface area contributed by atoms with Crippen molar-refractivity contribution in [1.82, 2.24) is 59.8 Å². The summed E-state index contributed by atoms with van der Waals surface area (Å²) in [5, 5.41) is 61.2. The molecular formula is C108H122N12O16. The van der Waals surface area contributed by atoms with Gasteiger partial charge in [-0.15, -0.1) is 0 Å². The SMILES string of the molecule is CC1=C(CCC(=O)O)c2cc3[nH]c(cc4nc(cc5[nH]c(cc1n2)c(C(C)OC(C)C1=C(C)c2cc6[nH]c(cc7nc(cc8[nH]c(cc1n2)c(C)c8C(C)OC(C)C1=C(C)c2cc8[nH]c(cc9nc(cc%10[nH]c(cc1n2)c(C)c%10CCC(=O)O)C(CCC(=O)O)=C9C)c(C)c8C(C)OC(C)C)C(C)=C7CCC(=O)O)c(CCC(=O)O)c6C)c5C)C(C(C)OC(C)C)=C4C)c(C)c3CCC(=O)O. The number of allylic oxidation sites excluding steroid dienone is 9. The van der Waals surface area contributed by atoms with Crippen LogP contribution in [0.15, 0.2) is 72.8 Å². The molecule has 24 bridgehead atoms. The van der Waals surface area contributed by atoms with Crippen LogP contribution in [0.4, 0.5) is 0 Å². The molecule has 136 heavy (non-hydrogen) atoms. The van der Waals surface area contributed by atoms with Crippen LogP contribution in [0.3, 0.4) is 0 Å². The monoisotopic (exact) mass is 1840 g/mol. The Morgan fingerprint density at radius 3 is 0.684 bits per heavy atom. The number of carboxylic acid groups (broad SMARTS) is 6. The van der Waals surface area contributed by atoms with E-state index in [0.717, 1.165) is 150 Å². The molecule has 0 aromatic carbocycles. The molecule has 0 spiro atoms. The van der Waals surface area contributed by atoms with Crippen LogP contribution in [0.5, 0.6) is 0 Å². The summed E-state index contributed by atoms with van der Waals surface area (Å²) >= 11 is 0. The van der Waals surface area contributed by atoms with Gasteiger partial charge in [-0.25, -0.2) is 29.9 Å². The fraction of sp³-hybridized carbons (Fsp3) is 0.389. The van der Waals surface area contributed by atoms with Crippen molar-refractivity contribution < 1.29 is 78.4 Å². The Balaban J connectivity index is 0.920. The lowest BCUT2D eigenvalue weighted by Gasteiger charge is -2.22. The maximum Gasteiger partial charge on any atom is 0.303 e. The molecule has 6 aliphatic rings. The van der Waals surface area contributed by atoms with Crippen LogP contribution >= 0.6 is 0 Å². The quantitative estimate of drug-likeness (QED) is 0.0186. The van der Waals surface area contributed by atoms with E-state index in [1.807, 2.05) is 218 Å². The van der Waals surface area contributed by atoms with Gasteiger partial charge in [-0.2, -0.15) is 0 Å². The summed E-state index contributed by atoms with van der Waals surface area (Å²) in [6.07, 6.45) is -3.85. The van der Waals surface area contributed by atoms with E-state index in [0.29, 0.717) is 118 Å². The first-order valence-electron chi connectivity index (χ1n) is 46.8. The van der Waals surface area contributed by atoms with E-state index < -0.39 is 72.4 Å². The molecule has 9 aromatic rings. The summed E-state index contributed by atoms with van der Waals surface area (Å²) in [4.78, 5) is 130. The predicted octanol–water partition coefficient (Wildman–Crippen LogP) is 23.3. The zero-order valence-corrected chi connectivity index (χ0v) is 81.5. The first kappa shape index (κ1) is 97.0. The number of H-pyrrole nitrogens is 6. The number of aromatic amines is 6. The average Bonchev–Trinajstić information content (AvgIpc) is 1.61. The van der Waals surface area contributed by atoms with E-state index in [2.05, 4.69) is 36.8 Å². The molecule has 28 nitrogen and oxygen atoms in total. The summed E-state index contributed by atoms with van der Waals surface area (Å²) in [7, 11) is 0. The summed E-state index contributed by atoms with van der Waals surface area (Å²) in [6.45, 7) is 44.0. The molecule has 0 saturated carbocycles. The maximum absolute atomic E-state index is 12.6. The minimum Gasteiger partial charge on any atom is -0.481 e. The predicted molar refractivity (Wildman–Crippen MR) is 533 cm³/mol. The first-order valence-corrected chi connectivity index (χ1v) is 46.8. The van der Waals surface area contributed by atoms with Crippen molar-refractivity contribution in [3.63, 3.8) is 0 Å². The Kier molecular flexibility index (Phi) is 27.9. The van der Waals surface area contributed by atoms with E-state index in [-0.39, 0.29) is 89.3 Å². The van der Waals surface area contributed by atoms with Crippen LogP contribution in [0, 0.1) is 41.5 Å². The Morgan fingerprint density at radius 2 is 0.426 bits per heavy atom. The van der Waals surface area contributed by atoms with Crippen molar-refractivity contribution in [2.45, 2.75) is 278 Å². The highest BCUT2D eigenvalue weighted by atomic mass is 16.5. The molecule has 0 amide bonds. The van der Waals surface area contributed by atoms with Gasteiger partial charge in [0.15, 0.2) is 0 Å². The third-order valence-corrected chi connectivity index (χ3v) is 27.6. The highest BCUT2D eigenvalue weighted by molar-refractivity contribution is 6.01. The van der Waals surface area contributed by atoms with Gasteiger partial charge in [0.25, 0.3) is 0 Å². The zero-order valence-electron chi connectivity index (χ0n) is 81.5. The Morgan fingerprint density at radius 1 is 0.235 bits per heavy atom. The number of carboxylic acids is 6. The van der Waals surface area contributed by atoms with Crippen molar-refractivity contribution in [2.24, 2.45) is 0 Å². The summed E-state index contributed by atoms with van der Waals surface area (Å²) < 4.78 is 28.3. The van der Waals surface area contributed by atoms with Crippen molar-refractivity contribution in [3.05, 3.63) is 208 Å². The minimum absolute atomic E-state index is 0.130. The molecular weight excluding hydrogens is 1720 g/mol. The second-order valence-corrected chi connectivity index (χ2v) is 37.5. The van der Waals surface area contributed by atoms with E-state index in [1.165, 1.54) is 0 Å². The van der Waals surface area contributed by atoms with Crippen LogP contribution in [-0.2, 0) is 67.0 Å². The molecule has 6 unspecified atom stereocenters. The number of aryl methyl sites for hydroxylation is 9. The van der Waals surface area contributed by atoms with Gasteiger partial charge in [0.1, 0.15) is 0 Å². The van der Waals surface area contributed by atoms with Crippen LogP contribution < -0.4 is 0 Å². The number of rotatable bonds is 32. The standard InChI is InChI=1S/C108H122N12O16/c1-47(2)133-61(17)103-55(11)79-35-73-49(5)67(23-29-97(121)122)85(109-73)44-88-70(26-32-100(127)128)52(8)76(112-88)38-91-106(58(14)82(118-91)41-94(103)115-79)64(20)135-63(19)105-57(13)81-37-75-51(7)69(25-31-99(125)126)87(111-75)46-90-72(28-34-102(131)132)54(10)78(114-90)40-93-108(60(16)84(120-93)43-96(105)117-81)66(22)136-65(21)107-59(15)83-42-95-104(62(18)134-48(3)4)56(12)80(116-95)36-74-50(6)68(24-30-98(123)124)86(110-74)45-89-71(27-33-101(129)130)53(9)77(113-89)39-92(107)119-83/h35-48,61-66,109,111,113,116,118,120H,23-34H2,1-22H3,(H,121,122)(H,123,124)(H,125,126)(H,127,128)(H,129,130)(H,131,132). The van der Waals surface area contributed by atoms with Gasteiger partial charge in [-0.3, -0.25) is 28.8 Å². The number of hydrogen-bond acceptors (Lipinski definition) is 16. The van der Waals surface area contributed by atoms with E-state index in [9.17, 15) is 59.4 Å². The van der Waals surface area contributed by atoms with E-state index in [4.69, 9.17) is 48.9 Å². The topological polar surface area (TPSA) is 433 Å². The lowest BCUT2D eigenvalue weighted by molar-refractivity contribution is -0.138. The molecule has 6 atom stereocenters. The molecule has 0 aliphatic carbocycles. The molecule has 15 heterocycles. The van der Waals surface area contributed by atoms with Gasteiger partial charge < -0.3 is 79.5 Å². The van der Waals surface area contributed by atoms with Crippen LogP contribution in [-0.4, -0.2) is 157 Å². The molecule has 12 N–H and O–H groups in total. The molecule has 15 rings (SSSR count). The Labute approximate surface area is 788 Å². The van der Waals surface area contributed by atoms with Crippen molar-refractivity contribution in [2.75, 3.05) is 0 Å². The Hall–Kier alpha value is -13.5. The van der Waals surface area contributed by atoms with Gasteiger partial charge >= 0.3 is 35.8 Å². The van der Waals surface area contributed by atoms with Crippen LogP contribution in [0.2, 0.25) is 0 Å². The van der Waals surface area contributed by atoms with Crippen molar-refractivity contribution in [1.29, 1.82) is 0 Å². The van der Waals surface area contributed by atoms with Gasteiger partial charge in [0.05, 0.1) is 117 Å². The second-order valence-electron chi connectivity index (χ2n) is 37.5. The minimum atomic E-state index is -0.990. The molecule has 9 aromatic heterocycles. The molecule has 28 heteroatoms. The normalized spacial score (nSPS) is 15.0. The molecule has 0 saturated heterocycles. The largest absolute Gasteiger partial charge is 0.481 e. The summed E-state index contributed by atoms with van der Waals surface area (Å²) in [5.41, 5.74) is 34.6. The molecule has 0 radical (unpaired) electrons. The molecule has 0 fully saturated rings. The fourth-order valence-electron chi connectivity index (χ4n) is 20.7. The number of fused-ring (bicyclic) bond motifs is 24. The number of ether oxygens (including phenoxy) is 4. The fourth-order valence-corrected chi connectivity index (χ4v) is 20.7. The zero-order chi connectivity index (χ0) is 98.1. The highest BCUT2D eigenvalue weighted by Crippen LogP contribution is 2.47. The second kappa shape index (κ2) is 39.0. The number of aromatic nitrogens is 12. The number of hydrogen-bond donors (Lipinski definition) is 12. The molecule has 710 valence electrons. The van der Waals surface area contributed by atoms with E-state index >= 15 is 0 Å².